The van der Waals surface area contributed by atoms with Crippen LogP contribution in [0.2, 0.25) is 0 Å². The zero-order valence-electron chi connectivity index (χ0n) is 7.83. The zero-order valence-corrected chi connectivity index (χ0v) is 8.65. The highest BCUT2D eigenvalue weighted by molar-refractivity contribution is 5.92. The SMILES string of the molecule is Cc1cc(NC(=O)C2CNC2)n[nH]1.Cl. The summed E-state index contributed by atoms with van der Waals surface area (Å²) in [6.07, 6.45) is 0. The molecule has 6 heteroatoms. The number of carbonyl (C=O) groups excluding carboxylic acids is 1. The van der Waals surface area contributed by atoms with Gasteiger partial charge in [0.15, 0.2) is 5.82 Å². The molecule has 1 aliphatic heterocycles. The molecule has 0 unspecified atom stereocenters. The van der Waals surface area contributed by atoms with Gasteiger partial charge in [-0.05, 0) is 6.92 Å². The van der Waals surface area contributed by atoms with Crippen molar-refractivity contribution in [3.63, 3.8) is 0 Å². The van der Waals surface area contributed by atoms with Crippen LogP contribution in [0.15, 0.2) is 6.07 Å². The summed E-state index contributed by atoms with van der Waals surface area (Å²) in [4.78, 5) is 11.4. The molecule has 0 bridgehead atoms. The molecule has 1 saturated heterocycles. The monoisotopic (exact) mass is 216 g/mol. The molecule has 0 aliphatic carbocycles. The van der Waals surface area contributed by atoms with Crippen molar-refractivity contribution in [1.82, 2.24) is 15.5 Å². The van der Waals surface area contributed by atoms with Gasteiger partial charge in [-0.25, -0.2) is 0 Å². The van der Waals surface area contributed by atoms with E-state index in [1.807, 2.05) is 13.0 Å². The van der Waals surface area contributed by atoms with Crippen LogP contribution in [-0.2, 0) is 4.79 Å². The Labute approximate surface area is 88.1 Å². The van der Waals surface area contributed by atoms with E-state index >= 15 is 0 Å². The molecule has 5 nitrogen and oxygen atoms in total. The predicted octanol–water partition coefficient (Wildman–Crippen LogP) is 0.298. The van der Waals surface area contributed by atoms with Crippen LogP contribution in [-0.4, -0.2) is 29.2 Å². The number of aromatic nitrogens is 2. The number of aryl methyl sites for hydroxylation is 1. The number of rotatable bonds is 2. The lowest BCUT2D eigenvalue weighted by molar-refractivity contribution is -0.121. The average molecular weight is 217 g/mol. The number of anilines is 1. The summed E-state index contributed by atoms with van der Waals surface area (Å²) in [5, 5.41) is 12.5. The summed E-state index contributed by atoms with van der Waals surface area (Å²) in [5.74, 6) is 0.761. The van der Waals surface area contributed by atoms with Crippen LogP contribution in [0.4, 0.5) is 5.82 Å². The lowest BCUT2D eigenvalue weighted by Crippen LogP contribution is -2.48. The number of aromatic amines is 1. The summed E-state index contributed by atoms with van der Waals surface area (Å²) >= 11 is 0. The van der Waals surface area contributed by atoms with Gasteiger partial charge in [0.1, 0.15) is 0 Å². The third-order valence-electron chi connectivity index (χ3n) is 2.11. The summed E-state index contributed by atoms with van der Waals surface area (Å²) in [6, 6.07) is 1.81. The first-order valence-corrected chi connectivity index (χ1v) is 4.29. The van der Waals surface area contributed by atoms with E-state index in [0.29, 0.717) is 5.82 Å². The van der Waals surface area contributed by atoms with Gasteiger partial charge in [-0.3, -0.25) is 9.89 Å². The second-order valence-corrected chi connectivity index (χ2v) is 3.28. The van der Waals surface area contributed by atoms with E-state index in [1.165, 1.54) is 0 Å². The van der Waals surface area contributed by atoms with Gasteiger partial charge in [-0.1, -0.05) is 0 Å². The second kappa shape index (κ2) is 4.43. The molecule has 14 heavy (non-hydrogen) atoms. The minimum atomic E-state index is 0. The average Bonchev–Trinajstić information content (AvgIpc) is 2.31. The first-order valence-electron chi connectivity index (χ1n) is 4.29. The summed E-state index contributed by atoms with van der Waals surface area (Å²) in [6.45, 7) is 3.44. The Kier molecular flexibility index (Phi) is 3.49. The number of amides is 1. The van der Waals surface area contributed by atoms with Crippen molar-refractivity contribution in [2.24, 2.45) is 5.92 Å². The fraction of sp³-hybridized carbons (Fsp3) is 0.500. The molecule has 1 aromatic rings. The molecule has 0 spiro atoms. The van der Waals surface area contributed by atoms with Crippen molar-refractivity contribution in [2.75, 3.05) is 18.4 Å². The molecule has 2 rings (SSSR count). The zero-order chi connectivity index (χ0) is 9.26. The van der Waals surface area contributed by atoms with Gasteiger partial charge >= 0.3 is 0 Å². The molecule has 3 N–H and O–H groups in total. The van der Waals surface area contributed by atoms with Crippen molar-refractivity contribution in [3.8, 4) is 0 Å². The van der Waals surface area contributed by atoms with Gasteiger partial charge in [-0.15, -0.1) is 12.4 Å². The van der Waals surface area contributed by atoms with Gasteiger partial charge in [0.05, 0.1) is 5.92 Å². The lowest BCUT2D eigenvalue weighted by Gasteiger charge is -2.25. The topological polar surface area (TPSA) is 69.8 Å². The smallest absolute Gasteiger partial charge is 0.231 e. The van der Waals surface area contributed by atoms with Gasteiger partial charge in [0.25, 0.3) is 0 Å². The normalized spacial score (nSPS) is 15.5. The van der Waals surface area contributed by atoms with Crippen molar-refractivity contribution in [3.05, 3.63) is 11.8 Å². The number of nitrogens with zero attached hydrogens (tertiary/aromatic N) is 1. The number of hydrogen-bond acceptors (Lipinski definition) is 3. The number of hydrogen-bond donors (Lipinski definition) is 3. The molecule has 1 fully saturated rings. The third-order valence-corrected chi connectivity index (χ3v) is 2.11. The quantitative estimate of drug-likeness (QED) is 0.666. The molecular weight excluding hydrogens is 204 g/mol. The Hall–Kier alpha value is -1.07. The van der Waals surface area contributed by atoms with Crippen molar-refractivity contribution in [2.45, 2.75) is 6.92 Å². The highest BCUT2D eigenvalue weighted by Gasteiger charge is 2.25. The van der Waals surface area contributed by atoms with E-state index in [4.69, 9.17) is 0 Å². The standard InChI is InChI=1S/C8H12N4O.ClH/c1-5-2-7(12-11-5)10-8(13)6-3-9-4-6;/h2,6,9H,3-4H2,1H3,(H2,10,11,12,13);1H. The van der Waals surface area contributed by atoms with Crippen molar-refractivity contribution < 1.29 is 4.79 Å². The lowest BCUT2D eigenvalue weighted by atomic mass is 10.0. The van der Waals surface area contributed by atoms with E-state index in [9.17, 15) is 4.79 Å². The summed E-state index contributed by atoms with van der Waals surface area (Å²) in [5.41, 5.74) is 0.946. The molecule has 2 heterocycles. The maximum atomic E-state index is 11.4. The van der Waals surface area contributed by atoms with E-state index < -0.39 is 0 Å². The molecule has 0 saturated carbocycles. The molecule has 0 atom stereocenters. The molecule has 1 amide bonds. The van der Waals surface area contributed by atoms with Gasteiger partial charge < -0.3 is 10.6 Å². The van der Waals surface area contributed by atoms with Crippen molar-refractivity contribution in [1.29, 1.82) is 0 Å². The summed E-state index contributed by atoms with van der Waals surface area (Å²) < 4.78 is 0. The van der Waals surface area contributed by atoms with E-state index in [-0.39, 0.29) is 24.2 Å². The van der Waals surface area contributed by atoms with Crippen LogP contribution in [0.25, 0.3) is 0 Å². The largest absolute Gasteiger partial charge is 0.315 e. The van der Waals surface area contributed by atoms with E-state index in [0.717, 1.165) is 18.8 Å². The Balaban J connectivity index is 0.000000980. The molecule has 0 radical (unpaired) electrons. The van der Waals surface area contributed by atoms with Gasteiger partial charge in [0.2, 0.25) is 5.91 Å². The molecule has 0 aromatic carbocycles. The maximum Gasteiger partial charge on any atom is 0.231 e. The first-order chi connectivity index (χ1) is 6.25. The Morgan fingerprint density at radius 2 is 2.36 bits per heavy atom. The van der Waals surface area contributed by atoms with Crippen LogP contribution in [0.3, 0.4) is 0 Å². The number of H-pyrrole nitrogens is 1. The minimum Gasteiger partial charge on any atom is -0.315 e. The molecule has 1 aromatic heterocycles. The van der Waals surface area contributed by atoms with Crippen LogP contribution >= 0.6 is 12.4 Å². The van der Waals surface area contributed by atoms with Crippen molar-refractivity contribution >= 4 is 24.1 Å². The van der Waals surface area contributed by atoms with Gasteiger partial charge in [0, 0.05) is 24.8 Å². The maximum absolute atomic E-state index is 11.4. The molecule has 78 valence electrons. The van der Waals surface area contributed by atoms with Crippen LogP contribution in [0.5, 0.6) is 0 Å². The summed E-state index contributed by atoms with van der Waals surface area (Å²) in [7, 11) is 0. The highest BCUT2D eigenvalue weighted by atomic mass is 35.5. The van der Waals surface area contributed by atoms with Gasteiger partial charge in [-0.2, -0.15) is 5.10 Å². The van der Waals surface area contributed by atoms with Crippen LogP contribution in [0.1, 0.15) is 5.69 Å². The molecule has 1 aliphatic rings. The fourth-order valence-corrected chi connectivity index (χ4v) is 1.18. The van der Waals surface area contributed by atoms with Crippen LogP contribution in [0, 0.1) is 12.8 Å². The predicted molar refractivity (Wildman–Crippen MR) is 55.6 cm³/mol. The number of halogens is 1. The Morgan fingerprint density at radius 1 is 1.64 bits per heavy atom. The fourth-order valence-electron chi connectivity index (χ4n) is 1.18. The highest BCUT2D eigenvalue weighted by Crippen LogP contribution is 2.08. The van der Waals surface area contributed by atoms with Crippen LogP contribution < -0.4 is 10.6 Å². The Bertz CT molecular complexity index is 321. The van der Waals surface area contributed by atoms with E-state index in [1.54, 1.807) is 0 Å². The number of nitrogens with one attached hydrogen (secondary N) is 3. The minimum absolute atomic E-state index is 0. The molecular formula is C8H13ClN4O. The third kappa shape index (κ3) is 2.24. The first kappa shape index (κ1) is 11.0. The second-order valence-electron chi connectivity index (χ2n) is 3.28. The number of carbonyl (C=O) groups is 1. The Morgan fingerprint density at radius 3 is 2.79 bits per heavy atom. The van der Waals surface area contributed by atoms with E-state index in [2.05, 4.69) is 20.8 Å².